The van der Waals surface area contributed by atoms with Gasteiger partial charge in [0.25, 0.3) is 0 Å². The Kier molecular flexibility index (Phi) is 6.08. The number of likely N-dealkylation sites (tertiary alicyclic amines) is 1. The zero-order valence-corrected chi connectivity index (χ0v) is 14.1. The van der Waals surface area contributed by atoms with Crippen LogP contribution in [-0.4, -0.2) is 56.5 Å². The summed E-state index contributed by atoms with van der Waals surface area (Å²) in [5.41, 5.74) is 1.37. The lowest BCUT2D eigenvalue weighted by molar-refractivity contribution is 0.0332. The number of aliphatic hydroxyl groups is 1. The van der Waals surface area contributed by atoms with E-state index >= 15 is 0 Å². The Morgan fingerprint density at radius 3 is 2.82 bits per heavy atom. The molecule has 0 saturated carbocycles. The van der Waals surface area contributed by atoms with Crippen molar-refractivity contribution in [3.05, 3.63) is 17.5 Å². The molecule has 0 spiro atoms. The average molecular weight is 307 g/mol. The van der Waals surface area contributed by atoms with Crippen molar-refractivity contribution in [2.45, 2.75) is 53.0 Å². The Hall–Kier alpha value is -1.27. The third kappa shape index (κ3) is 4.61. The molecule has 0 aliphatic carbocycles. The summed E-state index contributed by atoms with van der Waals surface area (Å²) in [7, 11) is 0. The van der Waals surface area contributed by atoms with Crippen LogP contribution in [-0.2, 0) is 6.54 Å². The highest BCUT2D eigenvalue weighted by Crippen LogP contribution is 2.33. The summed E-state index contributed by atoms with van der Waals surface area (Å²) in [6.45, 7) is 10.5. The number of piperidine rings is 1. The SMILES string of the molecule is CC(C)=CC[C@]1(CO)CCCN(CCCn2nnnc2C)C1. The molecule has 124 valence electrons. The van der Waals surface area contributed by atoms with Crippen LogP contribution in [0, 0.1) is 12.3 Å². The van der Waals surface area contributed by atoms with E-state index in [1.54, 1.807) is 0 Å². The van der Waals surface area contributed by atoms with Crippen LogP contribution in [0.15, 0.2) is 11.6 Å². The molecular weight excluding hydrogens is 278 g/mol. The van der Waals surface area contributed by atoms with Crippen molar-refractivity contribution in [2.24, 2.45) is 5.41 Å². The summed E-state index contributed by atoms with van der Waals surface area (Å²) >= 11 is 0. The smallest absolute Gasteiger partial charge is 0.148 e. The molecule has 0 unspecified atom stereocenters. The van der Waals surface area contributed by atoms with Gasteiger partial charge in [-0.2, -0.15) is 0 Å². The minimum Gasteiger partial charge on any atom is -0.396 e. The van der Waals surface area contributed by atoms with Crippen molar-refractivity contribution in [3.8, 4) is 0 Å². The highest BCUT2D eigenvalue weighted by molar-refractivity contribution is 5.00. The molecule has 1 atom stereocenters. The van der Waals surface area contributed by atoms with E-state index in [9.17, 15) is 5.11 Å². The predicted molar refractivity (Wildman–Crippen MR) is 86.4 cm³/mol. The third-order valence-electron chi connectivity index (χ3n) is 4.57. The Morgan fingerprint density at radius 2 is 2.18 bits per heavy atom. The fourth-order valence-electron chi connectivity index (χ4n) is 3.18. The van der Waals surface area contributed by atoms with E-state index in [0.29, 0.717) is 0 Å². The molecule has 1 aliphatic rings. The molecule has 1 saturated heterocycles. The molecule has 1 aromatic heterocycles. The van der Waals surface area contributed by atoms with Crippen LogP contribution in [0.25, 0.3) is 0 Å². The molecule has 2 rings (SSSR count). The summed E-state index contributed by atoms with van der Waals surface area (Å²) in [5, 5.41) is 21.5. The first kappa shape index (κ1) is 17.1. The Balaban J connectivity index is 1.84. The van der Waals surface area contributed by atoms with Crippen molar-refractivity contribution in [1.29, 1.82) is 0 Å². The number of tetrazole rings is 1. The van der Waals surface area contributed by atoms with Gasteiger partial charge in [-0.15, -0.1) is 5.10 Å². The number of hydrogen-bond donors (Lipinski definition) is 1. The Morgan fingerprint density at radius 1 is 1.36 bits per heavy atom. The van der Waals surface area contributed by atoms with Gasteiger partial charge in [0.15, 0.2) is 0 Å². The number of rotatable bonds is 7. The number of aryl methyl sites for hydroxylation is 2. The van der Waals surface area contributed by atoms with Gasteiger partial charge in [-0.3, -0.25) is 0 Å². The minimum atomic E-state index is 0.0419. The molecule has 1 aliphatic heterocycles. The summed E-state index contributed by atoms with van der Waals surface area (Å²) in [6.07, 6.45) is 6.57. The van der Waals surface area contributed by atoms with Crippen molar-refractivity contribution in [3.63, 3.8) is 0 Å². The molecule has 2 heterocycles. The van der Waals surface area contributed by atoms with Gasteiger partial charge in [-0.1, -0.05) is 11.6 Å². The van der Waals surface area contributed by atoms with Crippen LogP contribution in [0.2, 0.25) is 0 Å². The normalized spacial score (nSPS) is 22.7. The van der Waals surface area contributed by atoms with Gasteiger partial charge < -0.3 is 10.0 Å². The van der Waals surface area contributed by atoms with E-state index in [1.807, 2.05) is 11.6 Å². The second-order valence-corrected chi connectivity index (χ2v) is 6.83. The van der Waals surface area contributed by atoms with E-state index in [4.69, 9.17) is 0 Å². The number of aromatic nitrogens is 4. The maximum absolute atomic E-state index is 9.90. The molecule has 0 amide bonds. The first-order chi connectivity index (χ1) is 10.5. The van der Waals surface area contributed by atoms with Gasteiger partial charge in [0.2, 0.25) is 0 Å². The van der Waals surface area contributed by atoms with Gasteiger partial charge in [0.05, 0.1) is 6.61 Å². The van der Waals surface area contributed by atoms with Crippen molar-refractivity contribution in [2.75, 3.05) is 26.2 Å². The van der Waals surface area contributed by atoms with Crippen LogP contribution in [0.4, 0.5) is 0 Å². The summed E-state index contributed by atoms with van der Waals surface area (Å²) < 4.78 is 1.85. The first-order valence-electron chi connectivity index (χ1n) is 8.24. The number of allylic oxidation sites excluding steroid dienone is 2. The van der Waals surface area contributed by atoms with Gasteiger partial charge in [0.1, 0.15) is 5.82 Å². The summed E-state index contributed by atoms with van der Waals surface area (Å²) in [5.74, 6) is 0.868. The fourth-order valence-corrected chi connectivity index (χ4v) is 3.18. The van der Waals surface area contributed by atoms with Gasteiger partial charge in [-0.25, -0.2) is 4.68 Å². The zero-order chi connectivity index (χ0) is 16.0. The Labute approximate surface area is 133 Å². The highest BCUT2D eigenvalue weighted by atomic mass is 16.3. The predicted octanol–water partition coefficient (Wildman–Crippen LogP) is 1.80. The summed E-state index contributed by atoms with van der Waals surface area (Å²) in [4.78, 5) is 2.48. The molecule has 6 heteroatoms. The van der Waals surface area contributed by atoms with Crippen LogP contribution >= 0.6 is 0 Å². The van der Waals surface area contributed by atoms with E-state index < -0.39 is 0 Å². The molecule has 1 N–H and O–H groups in total. The molecule has 0 aromatic carbocycles. The largest absolute Gasteiger partial charge is 0.396 e. The molecule has 1 fully saturated rings. The third-order valence-corrected chi connectivity index (χ3v) is 4.57. The minimum absolute atomic E-state index is 0.0419. The van der Waals surface area contributed by atoms with E-state index in [2.05, 4.69) is 40.3 Å². The van der Waals surface area contributed by atoms with Crippen LogP contribution in [0.1, 0.15) is 45.4 Å². The first-order valence-corrected chi connectivity index (χ1v) is 8.24. The summed E-state index contributed by atoms with van der Waals surface area (Å²) in [6, 6.07) is 0. The Bertz CT molecular complexity index is 494. The van der Waals surface area contributed by atoms with Crippen molar-refractivity contribution in [1.82, 2.24) is 25.1 Å². The molecule has 0 radical (unpaired) electrons. The van der Waals surface area contributed by atoms with Crippen LogP contribution in [0.3, 0.4) is 0 Å². The van der Waals surface area contributed by atoms with E-state index in [-0.39, 0.29) is 12.0 Å². The number of hydrogen-bond acceptors (Lipinski definition) is 5. The molecule has 1 aromatic rings. The quantitative estimate of drug-likeness (QED) is 0.778. The van der Waals surface area contributed by atoms with Crippen molar-refractivity contribution >= 4 is 0 Å². The zero-order valence-electron chi connectivity index (χ0n) is 14.1. The average Bonchev–Trinajstić information content (AvgIpc) is 2.91. The van der Waals surface area contributed by atoms with Gasteiger partial charge >= 0.3 is 0 Å². The van der Waals surface area contributed by atoms with Crippen LogP contribution < -0.4 is 0 Å². The number of nitrogens with zero attached hydrogens (tertiary/aromatic N) is 5. The molecule has 6 nitrogen and oxygen atoms in total. The van der Waals surface area contributed by atoms with Gasteiger partial charge in [-0.05, 0) is 70.0 Å². The lowest BCUT2D eigenvalue weighted by Gasteiger charge is -2.41. The standard InChI is InChI=1S/C16H29N5O/c1-14(2)6-8-16(13-22)7-4-9-20(12-16)10-5-11-21-15(3)17-18-19-21/h6,22H,4-5,7-13H2,1-3H3/t16-/m1/s1. The molecular formula is C16H29N5O. The lowest BCUT2D eigenvalue weighted by Crippen LogP contribution is -2.45. The second-order valence-electron chi connectivity index (χ2n) is 6.83. The fraction of sp³-hybridized carbons (Fsp3) is 0.812. The second kappa shape index (κ2) is 7.83. The molecule has 22 heavy (non-hydrogen) atoms. The van der Waals surface area contributed by atoms with E-state index in [1.165, 1.54) is 12.0 Å². The number of aliphatic hydroxyl groups excluding tert-OH is 1. The van der Waals surface area contributed by atoms with Crippen molar-refractivity contribution < 1.29 is 5.11 Å². The monoisotopic (exact) mass is 307 g/mol. The molecule has 0 bridgehead atoms. The van der Waals surface area contributed by atoms with E-state index in [0.717, 1.165) is 51.3 Å². The lowest BCUT2D eigenvalue weighted by atomic mass is 9.77. The maximum atomic E-state index is 9.90. The highest BCUT2D eigenvalue weighted by Gasteiger charge is 2.33. The topological polar surface area (TPSA) is 67.1 Å². The van der Waals surface area contributed by atoms with Crippen LogP contribution in [0.5, 0.6) is 0 Å². The maximum Gasteiger partial charge on any atom is 0.148 e. The van der Waals surface area contributed by atoms with Gasteiger partial charge in [0, 0.05) is 18.5 Å².